The summed E-state index contributed by atoms with van der Waals surface area (Å²) in [5, 5.41) is 11.4. The molecule has 0 unspecified atom stereocenters. The fraction of sp³-hybridized carbons (Fsp3) is 0.318. The van der Waals surface area contributed by atoms with Crippen molar-refractivity contribution in [3.63, 3.8) is 0 Å². The minimum absolute atomic E-state index is 0.443. The predicted octanol–water partition coefficient (Wildman–Crippen LogP) is 5.31. The molecule has 0 spiro atoms. The summed E-state index contributed by atoms with van der Waals surface area (Å²) in [6.45, 7) is 6.23. The fourth-order valence-electron chi connectivity index (χ4n) is 3.36. The summed E-state index contributed by atoms with van der Waals surface area (Å²) in [7, 11) is 1.65. The van der Waals surface area contributed by atoms with Crippen molar-refractivity contribution in [2.24, 2.45) is 5.41 Å². The van der Waals surface area contributed by atoms with Crippen LogP contribution in [0, 0.1) is 12.3 Å². The molecule has 1 aromatic heterocycles. The number of aliphatic carboxylic acids is 1. The minimum Gasteiger partial charge on any atom is -0.497 e. The molecule has 0 fully saturated rings. The highest BCUT2D eigenvalue weighted by molar-refractivity contribution is 6.30. The molecule has 1 N–H and O–H groups in total. The molecular weight excluding hydrogens is 362 g/mol. The normalized spacial score (nSPS) is 11.7. The van der Waals surface area contributed by atoms with E-state index in [1.165, 1.54) is 0 Å². The fourth-order valence-corrected chi connectivity index (χ4v) is 3.48. The van der Waals surface area contributed by atoms with Crippen molar-refractivity contribution in [1.82, 2.24) is 4.57 Å². The van der Waals surface area contributed by atoms with Gasteiger partial charge in [-0.2, -0.15) is 0 Å². The maximum atomic E-state index is 11.7. The van der Waals surface area contributed by atoms with Gasteiger partial charge in [-0.25, -0.2) is 0 Å². The highest BCUT2D eigenvalue weighted by atomic mass is 35.5. The lowest BCUT2D eigenvalue weighted by molar-refractivity contribution is -0.146. The van der Waals surface area contributed by atoms with Crippen molar-refractivity contribution in [3.05, 3.63) is 64.3 Å². The number of carbonyl (C=O) groups is 1. The molecule has 1 heterocycles. The summed E-state index contributed by atoms with van der Waals surface area (Å²) in [5.41, 5.74) is 3.44. The topological polar surface area (TPSA) is 51.5 Å². The van der Waals surface area contributed by atoms with Crippen molar-refractivity contribution < 1.29 is 14.6 Å². The van der Waals surface area contributed by atoms with Crippen LogP contribution in [0.2, 0.25) is 5.02 Å². The van der Waals surface area contributed by atoms with Gasteiger partial charge in [-0.05, 0) is 62.2 Å². The van der Waals surface area contributed by atoms with Gasteiger partial charge in [-0.15, -0.1) is 0 Å². The number of benzene rings is 2. The second kappa shape index (κ2) is 7.28. The molecule has 0 saturated carbocycles. The first-order valence-electron chi connectivity index (χ1n) is 8.86. The molecule has 3 aromatic rings. The van der Waals surface area contributed by atoms with Crippen LogP contribution in [0.25, 0.3) is 10.9 Å². The van der Waals surface area contributed by atoms with Crippen LogP contribution in [-0.2, 0) is 17.8 Å². The Morgan fingerprint density at radius 3 is 2.44 bits per heavy atom. The smallest absolute Gasteiger partial charge is 0.309 e. The van der Waals surface area contributed by atoms with Gasteiger partial charge in [0.1, 0.15) is 5.75 Å². The summed E-state index contributed by atoms with van der Waals surface area (Å²) >= 11 is 6.01. The summed E-state index contributed by atoms with van der Waals surface area (Å²) in [4.78, 5) is 11.7. The second-order valence-electron chi connectivity index (χ2n) is 7.53. The largest absolute Gasteiger partial charge is 0.497 e. The maximum Gasteiger partial charge on any atom is 0.309 e. The molecular formula is C22H24ClNO3. The summed E-state index contributed by atoms with van der Waals surface area (Å²) < 4.78 is 7.59. The van der Waals surface area contributed by atoms with E-state index in [-0.39, 0.29) is 0 Å². The van der Waals surface area contributed by atoms with Crippen LogP contribution >= 0.6 is 11.6 Å². The minimum atomic E-state index is -0.860. The van der Waals surface area contributed by atoms with Crippen LogP contribution in [-0.4, -0.2) is 22.8 Å². The third-order valence-electron chi connectivity index (χ3n) is 5.10. The zero-order valence-electron chi connectivity index (χ0n) is 16.0. The van der Waals surface area contributed by atoms with E-state index >= 15 is 0 Å². The number of aryl methyl sites for hydroxylation is 1. The third kappa shape index (κ3) is 3.81. The van der Waals surface area contributed by atoms with E-state index in [4.69, 9.17) is 16.3 Å². The molecule has 0 aliphatic rings. The summed E-state index contributed by atoms with van der Waals surface area (Å²) in [6, 6.07) is 13.7. The van der Waals surface area contributed by atoms with Gasteiger partial charge >= 0.3 is 5.97 Å². The monoisotopic (exact) mass is 385 g/mol. The van der Waals surface area contributed by atoms with Crippen LogP contribution in [0.5, 0.6) is 5.75 Å². The van der Waals surface area contributed by atoms with E-state index in [1.54, 1.807) is 21.0 Å². The number of fused-ring (bicyclic) bond motifs is 1. The summed E-state index contributed by atoms with van der Waals surface area (Å²) in [6.07, 6.45) is 0.443. The first-order chi connectivity index (χ1) is 12.7. The van der Waals surface area contributed by atoms with Crippen LogP contribution < -0.4 is 4.74 Å². The molecule has 0 amide bonds. The van der Waals surface area contributed by atoms with E-state index in [1.807, 2.05) is 49.4 Å². The predicted molar refractivity (Wildman–Crippen MR) is 109 cm³/mol. The molecule has 0 bridgehead atoms. The number of methoxy groups -OCH3 is 1. The number of carboxylic acid groups (broad SMARTS) is 1. The zero-order valence-corrected chi connectivity index (χ0v) is 16.8. The lowest BCUT2D eigenvalue weighted by Gasteiger charge is -2.21. The van der Waals surface area contributed by atoms with Crippen molar-refractivity contribution >= 4 is 28.5 Å². The number of hydrogen-bond donors (Lipinski definition) is 1. The van der Waals surface area contributed by atoms with E-state index in [2.05, 4.69) is 4.57 Å². The SMILES string of the molecule is COc1ccc2c(c1)c(C)c(CC(C)(C)C(=O)O)n2Cc1ccc(Cl)cc1. The zero-order chi connectivity index (χ0) is 19.8. The van der Waals surface area contributed by atoms with Crippen LogP contribution in [0.3, 0.4) is 0 Å². The van der Waals surface area contributed by atoms with Gasteiger partial charge < -0.3 is 14.4 Å². The molecule has 0 saturated heterocycles. The molecule has 27 heavy (non-hydrogen) atoms. The molecule has 0 atom stereocenters. The summed E-state index contributed by atoms with van der Waals surface area (Å²) in [5.74, 6) is -0.0129. The van der Waals surface area contributed by atoms with E-state index < -0.39 is 11.4 Å². The molecule has 3 rings (SSSR count). The number of ether oxygens (including phenoxy) is 1. The number of carboxylic acids is 1. The van der Waals surface area contributed by atoms with Crippen molar-refractivity contribution in [2.45, 2.75) is 33.7 Å². The van der Waals surface area contributed by atoms with Gasteiger partial charge in [0.05, 0.1) is 12.5 Å². The Labute approximate surface area is 164 Å². The second-order valence-corrected chi connectivity index (χ2v) is 7.97. The molecule has 0 radical (unpaired) electrons. The number of aromatic nitrogens is 1. The Hall–Kier alpha value is -2.46. The third-order valence-corrected chi connectivity index (χ3v) is 5.35. The highest BCUT2D eigenvalue weighted by Gasteiger charge is 2.30. The molecule has 0 aliphatic heterocycles. The Bertz CT molecular complexity index is 987. The van der Waals surface area contributed by atoms with Crippen LogP contribution in [0.15, 0.2) is 42.5 Å². The Morgan fingerprint density at radius 2 is 1.85 bits per heavy atom. The van der Waals surface area contributed by atoms with Gasteiger partial charge in [-0.3, -0.25) is 4.79 Å². The van der Waals surface area contributed by atoms with Gasteiger partial charge in [0.25, 0.3) is 0 Å². The Kier molecular flexibility index (Phi) is 5.20. The van der Waals surface area contributed by atoms with Gasteiger partial charge in [0.2, 0.25) is 0 Å². The average Bonchev–Trinajstić information content (AvgIpc) is 2.88. The van der Waals surface area contributed by atoms with E-state index in [9.17, 15) is 9.90 Å². The van der Waals surface area contributed by atoms with E-state index in [0.717, 1.165) is 33.5 Å². The maximum absolute atomic E-state index is 11.7. The molecule has 0 aliphatic carbocycles. The standard InChI is InChI=1S/C22H24ClNO3/c1-14-18-11-17(27-4)9-10-19(18)24(13-15-5-7-16(23)8-6-15)20(14)12-22(2,3)21(25)26/h5-11H,12-13H2,1-4H3,(H,25,26). The average molecular weight is 386 g/mol. The molecule has 2 aromatic carbocycles. The lowest BCUT2D eigenvalue weighted by atomic mass is 9.87. The molecule has 142 valence electrons. The van der Waals surface area contributed by atoms with Crippen LogP contribution in [0.1, 0.15) is 30.7 Å². The van der Waals surface area contributed by atoms with Gasteiger partial charge in [-0.1, -0.05) is 23.7 Å². The van der Waals surface area contributed by atoms with Crippen molar-refractivity contribution in [3.8, 4) is 5.75 Å². The van der Waals surface area contributed by atoms with Crippen molar-refractivity contribution in [2.75, 3.05) is 7.11 Å². The van der Waals surface area contributed by atoms with Gasteiger partial charge in [0, 0.05) is 34.6 Å². The number of rotatable bonds is 6. The number of halogens is 1. The molecule has 4 nitrogen and oxygen atoms in total. The molecule has 5 heteroatoms. The first kappa shape index (κ1) is 19.3. The van der Waals surface area contributed by atoms with Crippen molar-refractivity contribution in [1.29, 1.82) is 0 Å². The number of hydrogen-bond acceptors (Lipinski definition) is 2. The van der Waals surface area contributed by atoms with Crippen LogP contribution in [0.4, 0.5) is 0 Å². The quantitative estimate of drug-likeness (QED) is 0.625. The van der Waals surface area contributed by atoms with E-state index in [0.29, 0.717) is 18.0 Å². The Morgan fingerprint density at radius 1 is 1.19 bits per heavy atom. The number of nitrogens with zero attached hydrogens (tertiary/aromatic N) is 1. The highest BCUT2D eigenvalue weighted by Crippen LogP contribution is 2.34. The van der Waals surface area contributed by atoms with Gasteiger partial charge in [0.15, 0.2) is 0 Å². The lowest BCUT2D eigenvalue weighted by Crippen LogP contribution is -2.27. The Balaban J connectivity index is 2.16. The first-order valence-corrected chi connectivity index (χ1v) is 9.24.